The van der Waals surface area contributed by atoms with Crippen LogP contribution in [-0.4, -0.2) is 11.3 Å². The second kappa shape index (κ2) is 5.83. The van der Waals surface area contributed by atoms with E-state index in [4.69, 9.17) is 26.5 Å². The third kappa shape index (κ3) is 2.61. The van der Waals surface area contributed by atoms with E-state index in [9.17, 15) is 5.11 Å². The van der Waals surface area contributed by atoms with E-state index in [0.29, 0.717) is 16.5 Å². The third-order valence-corrected chi connectivity index (χ3v) is 4.37. The van der Waals surface area contributed by atoms with Crippen molar-refractivity contribution < 1.29 is 14.6 Å². The summed E-state index contributed by atoms with van der Waals surface area (Å²) in [6.07, 6.45) is 1.26. The highest BCUT2D eigenvalue weighted by molar-refractivity contribution is 6.30. The highest BCUT2D eigenvalue weighted by Gasteiger charge is 2.45. The lowest BCUT2D eigenvalue weighted by Gasteiger charge is -2.28. The van der Waals surface area contributed by atoms with Crippen LogP contribution in [-0.2, 0) is 5.79 Å². The molecule has 1 heterocycles. The van der Waals surface area contributed by atoms with Crippen LogP contribution in [0.4, 0.5) is 0 Å². The molecule has 0 amide bonds. The molecule has 3 aromatic rings. The van der Waals surface area contributed by atoms with Gasteiger partial charge >= 0.3 is 5.79 Å². The summed E-state index contributed by atoms with van der Waals surface area (Å²) in [5.41, 5.74) is 2.23. The number of hydrogen-bond donors (Lipinski definition) is 2. The van der Waals surface area contributed by atoms with E-state index in [1.807, 2.05) is 12.1 Å². The predicted octanol–water partition coefficient (Wildman–Crippen LogP) is 4.72. The van der Waals surface area contributed by atoms with E-state index >= 15 is 0 Å². The number of benzene rings is 3. The van der Waals surface area contributed by atoms with E-state index in [1.54, 1.807) is 54.6 Å². The van der Waals surface area contributed by atoms with Gasteiger partial charge in [-0.05, 0) is 72.3 Å². The number of hydrogen-bond acceptors (Lipinski definition) is 4. The van der Waals surface area contributed by atoms with Gasteiger partial charge in [-0.3, -0.25) is 0 Å². The number of halogens is 1. The van der Waals surface area contributed by atoms with Gasteiger partial charge in [-0.25, -0.2) is 0 Å². The number of rotatable bonds is 3. The minimum absolute atomic E-state index is 0.164. The lowest BCUT2D eigenvalue weighted by Crippen LogP contribution is -2.36. The van der Waals surface area contributed by atoms with E-state index in [1.165, 1.54) is 6.21 Å². The summed E-state index contributed by atoms with van der Waals surface area (Å²) in [5, 5.41) is 17.6. The average Bonchev–Trinajstić information content (AvgIpc) is 3.02. The Balaban J connectivity index is 1.87. The van der Waals surface area contributed by atoms with Crippen molar-refractivity contribution in [2.75, 3.05) is 0 Å². The number of phenols is 1. The Morgan fingerprint density at radius 1 is 0.840 bits per heavy atom. The van der Waals surface area contributed by atoms with Crippen molar-refractivity contribution in [3.8, 4) is 17.2 Å². The Hall–Kier alpha value is -2.98. The molecule has 0 fully saturated rings. The van der Waals surface area contributed by atoms with Gasteiger partial charge in [0.15, 0.2) is 11.5 Å². The number of aromatic hydroxyl groups is 1. The molecule has 1 atom stereocenters. The molecule has 25 heavy (non-hydrogen) atoms. The summed E-state index contributed by atoms with van der Waals surface area (Å²) >= 11 is 6.02. The molecular weight excluding hydrogens is 338 g/mol. The highest BCUT2D eigenvalue weighted by Crippen LogP contribution is 2.48. The molecule has 0 aromatic heterocycles. The molecule has 2 N–H and O–H groups in total. The first-order valence-corrected chi connectivity index (χ1v) is 8.07. The number of phenolic OH excluding ortho intramolecular Hbond substituents is 1. The summed E-state index contributed by atoms with van der Waals surface area (Å²) < 4.78 is 12.5. The largest absolute Gasteiger partial charge is 0.508 e. The van der Waals surface area contributed by atoms with Crippen LogP contribution in [0.3, 0.4) is 0 Å². The number of nitrogens with one attached hydrogen (secondary N) is 1. The molecule has 1 aliphatic rings. The van der Waals surface area contributed by atoms with Gasteiger partial charge in [0.2, 0.25) is 0 Å². The molecule has 0 radical (unpaired) electrons. The van der Waals surface area contributed by atoms with E-state index in [0.717, 1.165) is 16.7 Å². The fourth-order valence-corrected chi connectivity index (χ4v) is 2.99. The first kappa shape index (κ1) is 15.5. The van der Waals surface area contributed by atoms with Gasteiger partial charge in [0.05, 0.1) is 0 Å². The van der Waals surface area contributed by atoms with Crippen molar-refractivity contribution in [1.82, 2.24) is 0 Å². The maximum atomic E-state index is 9.61. The number of ether oxygens (including phenoxy) is 2. The molecule has 1 aliphatic heterocycles. The van der Waals surface area contributed by atoms with Gasteiger partial charge in [0.1, 0.15) is 5.75 Å². The SMILES string of the molecule is N=Cc1ccc2c(c1)OC(c1ccc(O)cc1)(c1ccc(Cl)cc1)O2. The van der Waals surface area contributed by atoms with Gasteiger partial charge in [0.25, 0.3) is 0 Å². The monoisotopic (exact) mass is 351 g/mol. The fraction of sp³-hybridized carbons (Fsp3) is 0.0500. The first-order valence-electron chi connectivity index (χ1n) is 7.69. The summed E-state index contributed by atoms with van der Waals surface area (Å²) in [5.74, 6) is 0.135. The number of fused-ring (bicyclic) bond motifs is 1. The molecule has 4 nitrogen and oxygen atoms in total. The van der Waals surface area contributed by atoms with Gasteiger partial charge in [0, 0.05) is 22.4 Å². The molecule has 0 spiro atoms. The predicted molar refractivity (Wildman–Crippen MR) is 95.9 cm³/mol. The maximum absolute atomic E-state index is 9.61. The normalized spacial score (nSPS) is 18.1. The van der Waals surface area contributed by atoms with E-state index in [-0.39, 0.29) is 5.75 Å². The minimum atomic E-state index is -1.18. The Morgan fingerprint density at radius 2 is 1.44 bits per heavy atom. The van der Waals surface area contributed by atoms with Crippen LogP contribution in [0.25, 0.3) is 0 Å². The summed E-state index contributed by atoms with van der Waals surface area (Å²) in [6, 6.07) is 19.3. The third-order valence-electron chi connectivity index (χ3n) is 4.11. The van der Waals surface area contributed by atoms with Crippen molar-refractivity contribution >= 4 is 17.8 Å². The quantitative estimate of drug-likeness (QED) is 0.671. The minimum Gasteiger partial charge on any atom is -0.508 e. The van der Waals surface area contributed by atoms with Gasteiger partial charge in [-0.2, -0.15) is 0 Å². The van der Waals surface area contributed by atoms with Crippen molar-refractivity contribution in [3.05, 3.63) is 88.4 Å². The molecule has 4 rings (SSSR count). The van der Waals surface area contributed by atoms with E-state index < -0.39 is 5.79 Å². The Kier molecular flexibility index (Phi) is 3.62. The molecule has 0 saturated carbocycles. The zero-order valence-corrected chi connectivity index (χ0v) is 13.8. The smallest absolute Gasteiger partial charge is 0.305 e. The van der Waals surface area contributed by atoms with Crippen molar-refractivity contribution in [2.24, 2.45) is 0 Å². The van der Waals surface area contributed by atoms with Crippen LogP contribution >= 0.6 is 11.6 Å². The van der Waals surface area contributed by atoms with Gasteiger partial charge in [-0.15, -0.1) is 0 Å². The van der Waals surface area contributed by atoms with Crippen LogP contribution in [0.5, 0.6) is 17.2 Å². The topological polar surface area (TPSA) is 62.5 Å². The molecule has 0 saturated heterocycles. The molecule has 1 unspecified atom stereocenters. The molecular formula is C20H14ClNO3. The Bertz CT molecular complexity index is 891. The zero-order chi connectivity index (χ0) is 17.4. The van der Waals surface area contributed by atoms with Crippen LogP contribution in [0.1, 0.15) is 16.7 Å². The standard InChI is InChI=1S/C20H14ClNO3/c21-16-6-2-14(3-7-16)20(15-4-8-17(23)9-5-15)24-18-10-1-13(12-22)11-19(18)25-20/h1-12,22-23H. The zero-order valence-electron chi connectivity index (χ0n) is 13.1. The second-order valence-electron chi connectivity index (χ2n) is 5.72. The van der Waals surface area contributed by atoms with Gasteiger partial charge < -0.3 is 20.0 Å². The maximum Gasteiger partial charge on any atom is 0.305 e. The van der Waals surface area contributed by atoms with Gasteiger partial charge in [-0.1, -0.05) is 11.6 Å². The van der Waals surface area contributed by atoms with Crippen LogP contribution < -0.4 is 9.47 Å². The Labute approximate surface area is 149 Å². The molecule has 3 aromatic carbocycles. The van der Waals surface area contributed by atoms with Crippen molar-refractivity contribution in [2.45, 2.75) is 5.79 Å². The second-order valence-corrected chi connectivity index (χ2v) is 6.16. The van der Waals surface area contributed by atoms with Crippen LogP contribution in [0, 0.1) is 5.41 Å². The molecule has 0 bridgehead atoms. The van der Waals surface area contributed by atoms with Crippen LogP contribution in [0.15, 0.2) is 66.7 Å². The lowest BCUT2D eigenvalue weighted by molar-refractivity contribution is -0.0459. The van der Waals surface area contributed by atoms with Crippen molar-refractivity contribution in [3.63, 3.8) is 0 Å². The molecule has 5 heteroatoms. The average molecular weight is 352 g/mol. The summed E-state index contributed by atoms with van der Waals surface area (Å²) in [6.45, 7) is 0. The van der Waals surface area contributed by atoms with Crippen molar-refractivity contribution in [1.29, 1.82) is 5.41 Å². The fourth-order valence-electron chi connectivity index (χ4n) is 2.86. The molecule has 0 aliphatic carbocycles. The Morgan fingerprint density at radius 3 is 2.08 bits per heavy atom. The van der Waals surface area contributed by atoms with E-state index in [2.05, 4.69) is 0 Å². The summed E-state index contributed by atoms with van der Waals surface area (Å²) in [7, 11) is 0. The highest BCUT2D eigenvalue weighted by atomic mass is 35.5. The lowest BCUT2D eigenvalue weighted by atomic mass is 9.97. The first-order chi connectivity index (χ1) is 12.1. The molecule has 124 valence electrons. The van der Waals surface area contributed by atoms with Crippen LogP contribution in [0.2, 0.25) is 5.02 Å². The summed E-state index contributed by atoms with van der Waals surface area (Å²) in [4.78, 5) is 0.